The van der Waals surface area contributed by atoms with Crippen LogP contribution in [0.2, 0.25) is 0 Å². The molecule has 0 radical (unpaired) electrons. The molecule has 1 aliphatic heterocycles. The number of hydrogen-bond donors (Lipinski definition) is 1. The molecule has 0 amide bonds. The lowest BCUT2D eigenvalue weighted by Gasteiger charge is -2.38. The number of nitrogens with one attached hydrogen (secondary N) is 1. The van der Waals surface area contributed by atoms with E-state index in [2.05, 4.69) is 55.3 Å². The van der Waals surface area contributed by atoms with Gasteiger partial charge in [0, 0.05) is 24.8 Å². The number of rotatable bonds is 3. The van der Waals surface area contributed by atoms with Crippen LogP contribution in [0.1, 0.15) is 25.8 Å². The molecule has 2 rings (SSSR count). The van der Waals surface area contributed by atoms with Gasteiger partial charge in [-0.25, -0.2) is 0 Å². The summed E-state index contributed by atoms with van der Waals surface area (Å²) in [5.74, 6) is 0.785. The van der Waals surface area contributed by atoms with Crippen molar-refractivity contribution in [1.29, 1.82) is 0 Å². The number of aryl methyl sites for hydroxylation is 1. The Hall–Kier alpha value is -1.02. The van der Waals surface area contributed by atoms with E-state index < -0.39 is 0 Å². The van der Waals surface area contributed by atoms with E-state index >= 15 is 0 Å². The van der Waals surface area contributed by atoms with Crippen molar-refractivity contribution in [2.24, 2.45) is 5.92 Å². The molecule has 2 unspecified atom stereocenters. The van der Waals surface area contributed by atoms with E-state index in [9.17, 15) is 0 Å². The third-order valence-corrected chi connectivity index (χ3v) is 3.66. The van der Waals surface area contributed by atoms with Crippen LogP contribution >= 0.6 is 0 Å². The van der Waals surface area contributed by atoms with Gasteiger partial charge >= 0.3 is 0 Å². The molecule has 1 aromatic carbocycles. The Morgan fingerprint density at radius 1 is 1.35 bits per heavy atom. The summed E-state index contributed by atoms with van der Waals surface area (Å²) in [6.45, 7) is 10.1. The summed E-state index contributed by atoms with van der Waals surface area (Å²) in [6.07, 6.45) is 1.30. The number of hydrogen-bond acceptors (Lipinski definition) is 2. The van der Waals surface area contributed by atoms with Gasteiger partial charge in [-0.15, -0.1) is 0 Å². The van der Waals surface area contributed by atoms with Gasteiger partial charge in [0.25, 0.3) is 0 Å². The molecule has 1 aliphatic rings. The Kier molecular flexibility index (Phi) is 4.06. The average Bonchev–Trinajstić information content (AvgIpc) is 2.30. The monoisotopic (exact) mass is 232 g/mol. The van der Waals surface area contributed by atoms with Crippen LogP contribution in [0.5, 0.6) is 0 Å². The van der Waals surface area contributed by atoms with Gasteiger partial charge < -0.3 is 10.2 Å². The molecule has 2 heteroatoms. The number of piperidine rings is 1. The number of benzene rings is 1. The molecule has 0 spiro atoms. The van der Waals surface area contributed by atoms with Gasteiger partial charge in [-0.05, 0) is 50.4 Å². The number of anilines is 1. The number of likely N-dealkylation sites (N-methyl/N-ethyl adjacent to an activating group) is 1. The molecule has 0 aliphatic carbocycles. The van der Waals surface area contributed by atoms with Gasteiger partial charge in [0.2, 0.25) is 0 Å². The highest BCUT2D eigenvalue weighted by atomic mass is 15.2. The molecule has 2 atom stereocenters. The van der Waals surface area contributed by atoms with Crippen LogP contribution in [0, 0.1) is 12.8 Å². The van der Waals surface area contributed by atoms with Crippen molar-refractivity contribution in [1.82, 2.24) is 5.32 Å². The maximum atomic E-state index is 3.54. The first kappa shape index (κ1) is 12.4. The lowest BCUT2D eigenvalue weighted by Crippen LogP contribution is -2.48. The minimum atomic E-state index is 0.644. The molecular formula is C15H24N2. The fourth-order valence-corrected chi connectivity index (χ4v) is 2.82. The Bertz CT molecular complexity index is 362. The SMILES string of the molecule is CCN(c1cccc(C)c1)C1CNCC(C)C1. The maximum Gasteiger partial charge on any atom is 0.0417 e. The molecule has 1 heterocycles. The first-order chi connectivity index (χ1) is 8.20. The Labute approximate surface area is 105 Å². The molecule has 94 valence electrons. The summed E-state index contributed by atoms with van der Waals surface area (Å²) < 4.78 is 0. The predicted molar refractivity (Wildman–Crippen MR) is 74.6 cm³/mol. The van der Waals surface area contributed by atoms with Crippen molar-refractivity contribution in [2.75, 3.05) is 24.5 Å². The van der Waals surface area contributed by atoms with Crippen LogP contribution in [0.3, 0.4) is 0 Å². The fraction of sp³-hybridized carbons (Fsp3) is 0.600. The average molecular weight is 232 g/mol. The zero-order chi connectivity index (χ0) is 12.3. The maximum absolute atomic E-state index is 3.54. The summed E-state index contributed by atoms with van der Waals surface area (Å²) in [4.78, 5) is 2.54. The fourth-order valence-electron chi connectivity index (χ4n) is 2.82. The van der Waals surface area contributed by atoms with Crippen LogP contribution < -0.4 is 10.2 Å². The third kappa shape index (κ3) is 3.01. The van der Waals surface area contributed by atoms with E-state index in [4.69, 9.17) is 0 Å². The molecular weight excluding hydrogens is 208 g/mol. The van der Waals surface area contributed by atoms with Crippen molar-refractivity contribution in [2.45, 2.75) is 33.2 Å². The van der Waals surface area contributed by atoms with Gasteiger partial charge in [-0.1, -0.05) is 19.1 Å². The van der Waals surface area contributed by atoms with E-state index in [-0.39, 0.29) is 0 Å². The second kappa shape index (κ2) is 5.54. The smallest absolute Gasteiger partial charge is 0.0417 e. The van der Waals surface area contributed by atoms with Crippen LogP contribution in [0.15, 0.2) is 24.3 Å². The van der Waals surface area contributed by atoms with Gasteiger partial charge in [0.1, 0.15) is 0 Å². The topological polar surface area (TPSA) is 15.3 Å². The molecule has 0 saturated carbocycles. The first-order valence-corrected chi connectivity index (χ1v) is 6.74. The van der Waals surface area contributed by atoms with E-state index in [0.717, 1.165) is 19.0 Å². The second-order valence-corrected chi connectivity index (χ2v) is 5.28. The van der Waals surface area contributed by atoms with E-state index in [1.54, 1.807) is 0 Å². The van der Waals surface area contributed by atoms with Crippen LogP contribution in [-0.4, -0.2) is 25.7 Å². The third-order valence-electron chi connectivity index (χ3n) is 3.66. The zero-order valence-electron chi connectivity index (χ0n) is 11.2. The predicted octanol–water partition coefficient (Wildman–Crippen LogP) is 2.82. The molecule has 1 N–H and O–H groups in total. The summed E-state index contributed by atoms with van der Waals surface area (Å²) in [7, 11) is 0. The summed E-state index contributed by atoms with van der Waals surface area (Å²) in [5, 5.41) is 3.54. The molecule has 1 aromatic rings. The highest BCUT2D eigenvalue weighted by molar-refractivity contribution is 5.49. The van der Waals surface area contributed by atoms with Gasteiger partial charge in [0.05, 0.1) is 0 Å². The summed E-state index contributed by atoms with van der Waals surface area (Å²) in [6, 6.07) is 9.50. The second-order valence-electron chi connectivity index (χ2n) is 5.28. The summed E-state index contributed by atoms with van der Waals surface area (Å²) >= 11 is 0. The van der Waals surface area contributed by atoms with Gasteiger partial charge in [-0.3, -0.25) is 0 Å². The van der Waals surface area contributed by atoms with Crippen molar-refractivity contribution in [3.63, 3.8) is 0 Å². The minimum Gasteiger partial charge on any atom is -0.368 e. The van der Waals surface area contributed by atoms with Crippen molar-refractivity contribution in [3.8, 4) is 0 Å². The van der Waals surface area contributed by atoms with Crippen molar-refractivity contribution < 1.29 is 0 Å². The largest absolute Gasteiger partial charge is 0.368 e. The Balaban J connectivity index is 2.15. The number of nitrogens with zero attached hydrogens (tertiary/aromatic N) is 1. The minimum absolute atomic E-state index is 0.644. The quantitative estimate of drug-likeness (QED) is 0.862. The molecule has 0 bridgehead atoms. The first-order valence-electron chi connectivity index (χ1n) is 6.74. The van der Waals surface area contributed by atoms with Crippen LogP contribution in [0.4, 0.5) is 5.69 Å². The normalized spacial score (nSPS) is 24.6. The Morgan fingerprint density at radius 2 is 2.18 bits per heavy atom. The molecule has 1 fully saturated rings. The van der Waals surface area contributed by atoms with E-state index in [0.29, 0.717) is 6.04 Å². The molecule has 0 aromatic heterocycles. The summed E-state index contributed by atoms with van der Waals surface area (Å²) in [5.41, 5.74) is 2.71. The highest BCUT2D eigenvalue weighted by Gasteiger charge is 2.23. The standard InChI is InChI=1S/C15H24N2/c1-4-17(14-7-5-6-12(2)8-14)15-9-13(3)10-16-11-15/h5-8,13,15-16H,4,9-11H2,1-3H3. The Morgan fingerprint density at radius 3 is 2.82 bits per heavy atom. The molecule has 17 heavy (non-hydrogen) atoms. The van der Waals surface area contributed by atoms with Crippen molar-refractivity contribution in [3.05, 3.63) is 29.8 Å². The molecule has 1 saturated heterocycles. The van der Waals surface area contributed by atoms with Crippen molar-refractivity contribution >= 4 is 5.69 Å². The molecule has 2 nitrogen and oxygen atoms in total. The lowest BCUT2D eigenvalue weighted by molar-refractivity contribution is 0.350. The van der Waals surface area contributed by atoms with E-state index in [1.807, 2.05) is 0 Å². The van der Waals surface area contributed by atoms with Crippen LogP contribution in [0.25, 0.3) is 0 Å². The van der Waals surface area contributed by atoms with Gasteiger partial charge in [0.15, 0.2) is 0 Å². The zero-order valence-corrected chi connectivity index (χ0v) is 11.2. The van der Waals surface area contributed by atoms with Crippen LogP contribution in [-0.2, 0) is 0 Å². The highest BCUT2D eigenvalue weighted by Crippen LogP contribution is 2.23. The van der Waals surface area contributed by atoms with E-state index in [1.165, 1.54) is 24.2 Å². The van der Waals surface area contributed by atoms with Gasteiger partial charge in [-0.2, -0.15) is 0 Å². The lowest BCUT2D eigenvalue weighted by atomic mass is 9.96.